The van der Waals surface area contributed by atoms with Gasteiger partial charge < -0.3 is 29.2 Å². The summed E-state index contributed by atoms with van der Waals surface area (Å²) < 4.78 is 54.9. The maximum absolute atomic E-state index is 14.8. The molecule has 0 unspecified atom stereocenters. The van der Waals surface area contributed by atoms with Crippen LogP contribution in [-0.4, -0.2) is 66.8 Å². The normalized spacial score (nSPS) is 14.1. The van der Waals surface area contributed by atoms with Crippen LogP contribution >= 0.6 is 11.6 Å². The van der Waals surface area contributed by atoms with Crippen LogP contribution < -0.4 is 20.5 Å². The van der Waals surface area contributed by atoms with E-state index in [1.807, 2.05) is 60.4 Å². The van der Waals surface area contributed by atoms with Crippen LogP contribution in [0, 0.1) is 13.8 Å². The number of nitrogens with zero attached hydrogens (tertiary/aromatic N) is 7. The Kier molecular flexibility index (Phi) is 11.1. The molecule has 6 aromatic rings. The molecule has 5 heterocycles. The fourth-order valence-electron chi connectivity index (χ4n) is 7.75. The van der Waals surface area contributed by atoms with E-state index in [0.29, 0.717) is 53.8 Å². The zero-order valence-corrected chi connectivity index (χ0v) is 33.7. The van der Waals surface area contributed by atoms with Gasteiger partial charge in [-0.15, -0.1) is 0 Å². The number of rotatable bonds is 10. The second-order valence-corrected chi connectivity index (χ2v) is 15.0. The third-order valence-electron chi connectivity index (χ3n) is 10.8. The van der Waals surface area contributed by atoms with Crippen molar-refractivity contribution in [2.45, 2.75) is 59.7 Å². The first-order valence-electron chi connectivity index (χ1n) is 19.4. The number of ether oxygens (including phenoxy) is 2. The minimum absolute atomic E-state index is 0.00105. The number of hydrogen-bond donors (Lipinski definition) is 1. The van der Waals surface area contributed by atoms with Gasteiger partial charge in [-0.1, -0.05) is 61.0 Å². The number of aryl methyl sites for hydroxylation is 2. The third-order valence-corrected chi connectivity index (χ3v) is 11.1. The second kappa shape index (κ2) is 16.4. The summed E-state index contributed by atoms with van der Waals surface area (Å²) in [5, 5.41) is 2.36. The van der Waals surface area contributed by atoms with Gasteiger partial charge in [-0.2, -0.15) is 13.2 Å². The van der Waals surface area contributed by atoms with Crippen molar-refractivity contribution in [3.8, 4) is 17.0 Å². The molecular formula is C43H40ClF3N8O5. The molecule has 1 saturated heterocycles. The molecule has 310 valence electrons. The number of amides is 2. The van der Waals surface area contributed by atoms with Gasteiger partial charge in [0.1, 0.15) is 25.2 Å². The summed E-state index contributed by atoms with van der Waals surface area (Å²) in [5.41, 5.74) is 5.10. The molecule has 0 radical (unpaired) electrons. The van der Waals surface area contributed by atoms with Gasteiger partial charge >= 0.3 is 6.18 Å². The molecule has 0 atom stereocenters. The molecule has 1 N–H and O–H groups in total. The van der Waals surface area contributed by atoms with Crippen molar-refractivity contribution >= 4 is 40.6 Å². The fourth-order valence-corrected chi connectivity index (χ4v) is 7.98. The number of aromatic nitrogens is 5. The summed E-state index contributed by atoms with van der Waals surface area (Å²) >= 11 is 6.21. The zero-order chi connectivity index (χ0) is 42.3. The van der Waals surface area contributed by atoms with E-state index < -0.39 is 17.6 Å². The highest BCUT2D eigenvalue weighted by Gasteiger charge is 2.33. The molecule has 60 heavy (non-hydrogen) atoms. The van der Waals surface area contributed by atoms with Crippen molar-refractivity contribution in [1.82, 2.24) is 28.8 Å². The van der Waals surface area contributed by atoms with E-state index in [4.69, 9.17) is 26.1 Å². The number of carbonyl (C=O) groups excluding carboxylic acids is 2. The molecule has 2 aliphatic rings. The maximum atomic E-state index is 14.8. The van der Waals surface area contributed by atoms with Crippen LogP contribution in [0.5, 0.6) is 5.75 Å². The van der Waals surface area contributed by atoms with Crippen molar-refractivity contribution in [3.05, 3.63) is 133 Å². The zero-order valence-electron chi connectivity index (χ0n) is 33.0. The largest absolute Gasteiger partial charge is 0.485 e. The Balaban J connectivity index is 1.12. The minimum Gasteiger partial charge on any atom is -0.485 e. The first kappa shape index (κ1) is 40.5. The van der Waals surface area contributed by atoms with Crippen LogP contribution in [0.3, 0.4) is 0 Å². The minimum atomic E-state index is -4.62. The van der Waals surface area contributed by atoms with E-state index in [-0.39, 0.29) is 73.0 Å². The molecule has 2 aliphatic heterocycles. The number of carbonyl (C=O) groups is 2. The molecule has 3 aromatic carbocycles. The number of halogens is 4. The smallest absolute Gasteiger partial charge is 0.416 e. The van der Waals surface area contributed by atoms with Crippen molar-refractivity contribution in [2.75, 3.05) is 36.4 Å². The summed E-state index contributed by atoms with van der Waals surface area (Å²) in [4.78, 5) is 59.7. The summed E-state index contributed by atoms with van der Waals surface area (Å²) in [7, 11) is 0. The average molecular weight is 841 g/mol. The molecular weight excluding hydrogens is 801 g/mol. The number of fused-ring (bicyclic) bond motifs is 2. The van der Waals surface area contributed by atoms with Crippen molar-refractivity contribution in [2.24, 2.45) is 0 Å². The first-order valence-corrected chi connectivity index (χ1v) is 19.7. The number of hydrogen-bond acceptors (Lipinski definition) is 9. The van der Waals surface area contributed by atoms with Gasteiger partial charge in [0.15, 0.2) is 11.4 Å². The predicted molar refractivity (Wildman–Crippen MR) is 218 cm³/mol. The SMILES string of the molecule is CCc1c(N2CCN(C(=O)c3ncnc(C)c3OCc3ccccc3)CC2)c(=O)n2c(C)c(-c3ccc4c(c3)COC4)nc2n1CC(=O)Nc1ccc(C(F)(F)F)cc1Cl. The highest BCUT2D eigenvalue weighted by Crippen LogP contribution is 2.35. The molecule has 1 fully saturated rings. The summed E-state index contributed by atoms with van der Waals surface area (Å²) in [6.07, 6.45) is -2.97. The van der Waals surface area contributed by atoms with Crippen molar-refractivity contribution < 1.29 is 32.2 Å². The molecule has 0 bridgehead atoms. The Bertz CT molecular complexity index is 2690. The van der Waals surface area contributed by atoms with Gasteiger partial charge in [0.2, 0.25) is 11.7 Å². The first-order chi connectivity index (χ1) is 28.8. The summed E-state index contributed by atoms with van der Waals surface area (Å²) in [5.74, 6) is -0.413. The lowest BCUT2D eigenvalue weighted by molar-refractivity contribution is -0.137. The van der Waals surface area contributed by atoms with Crippen LogP contribution in [0.4, 0.5) is 24.5 Å². The third kappa shape index (κ3) is 7.79. The Hall–Kier alpha value is -6.26. The predicted octanol–water partition coefficient (Wildman–Crippen LogP) is 7.01. The van der Waals surface area contributed by atoms with Crippen LogP contribution in [0.15, 0.2) is 77.9 Å². The number of imidazole rings is 1. The molecule has 0 saturated carbocycles. The number of nitrogens with one attached hydrogen (secondary N) is 1. The number of alkyl halides is 3. The highest BCUT2D eigenvalue weighted by molar-refractivity contribution is 6.33. The lowest BCUT2D eigenvalue weighted by Crippen LogP contribution is -2.51. The maximum Gasteiger partial charge on any atom is 0.416 e. The standard InChI is InChI=1S/C43H40ClF3N8O5/c1-4-34-38(52-14-16-53(17-15-52)40(57)37-39(25(2)48-24-49-37)60-21-27-8-6-5-7-9-27)41(58)55-26(3)36(28-10-11-29-22-59-23-30(29)18-28)51-42(55)54(34)20-35(56)50-33-13-12-31(19-32(33)44)43(45,46)47/h5-13,18-19,24H,4,14-17,20-23H2,1-3H3,(H,50,56). The molecule has 17 heteroatoms. The highest BCUT2D eigenvalue weighted by atomic mass is 35.5. The monoisotopic (exact) mass is 840 g/mol. The number of piperazine rings is 1. The summed E-state index contributed by atoms with van der Waals surface area (Å²) in [6.45, 7) is 7.31. The van der Waals surface area contributed by atoms with Gasteiger partial charge in [-0.25, -0.2) is 19.4 Å². The van der Waals surface area contributed by atoms with E-state index in [1.165, 1.54) is 10.7 Å². The lowest BCUT2D eigenvalue weighted by Gasteiger charge is -2.37. The van der Waals surface area contributed by atoms with Crippen LogP contribution in [0.25, 0.3) is 17.0 Å². The average Bonchev–Trinajstić information content (AvgIpc) is 3.86. The van der Waals surface area contributed by atoms with Gasteiger partial charge in [0.05, 0.1) is 52.3 Å². The Morgan fingerprint density at radius 2 is 1.70 bits per heavy atom. The van der Waals surface area contributed by atoms with Gasteiger partial charge in [0, 0.05) is 31.7 Å². The van der Waals surface area contributed by atoms with Crippen LogP contribution in [0.1, 0.15) is 56.7 Å². The topological polar surface area (TPSA) is 136 Å². The fraction of sp³-hybridized carbons (Fsp3) is 0.302. The Labute approximate surface area is 347 Å². The molecule has 3 aromatic heterocycles. The quantitative estimate of drug-likeness (QED) is 0.155. The van der Waals surface area contributed by atoms with E-state index in [9.17, 15) is 27.6 Å². The molecule has 0 spiro atoms. The molecule has 2 amide bonds. The van der Waals surface area contributed by atoms with Crippen molar-refractivity contribution in [1.29, 1.82) is 0 Å². The Morgan fingerprint density at radius 3 is 2.42 bits per heavy atom. The van der Waals surface area contributed by atoms with Crippen LogP contribution in [0.2, 0.25) is 5.02 Å². The van der Waals surface area contributed by atoms with Crippen molar-refractivity contribution in [3.63, 3.8) is 0 Å². The van der Waals surface area contributed by atoms with E-state index in [0.717, 1.165) is 40.5 Å². The second-order valence-electron chi connectivity index (χ2n) is 14.6. The number of benzene rings is 3. The van der Waals surface area contributed by atoms with Gasteiger partial charge in [-0.3, -0.25) is 14.4 Å². The van der Waals surface area contributed by atoms with E-state index in [2.05, 4.69) is 15.3 Å². The van der Waals surface area contributed by atoms with E-state index in [1.54, 1.807) is 23.3 Å². The van der Waals surface area contributed by atoms with Gasteiger partial charge in [0.25, 0.3) is 11.5 Å². The molecule has 0 aliphatic carbocycles. The van der Waals surface area contributed by atoms with Crippen LogP contribution in [-0.2, 0) is 48.5 Å². The molecule has 13 nitrogen and oxygen atoms in total. The number of anilines is 2. The summed E-state index contributed by atoms with van der Waals surface area (Å²) in [6, 6.07) is 18.1. The molecule has 8 rings (SSSR count). The lowest BCUT2D eigenvalue weighted by atomic mass is 10.0. The van der Waals surface area contributed by atoms with E-state index >= 15 is 0 Å². The Morgan fingerprint density at radius 1 is 0.950 bits per heavy atom. The van der Waals surface area contributed by atoms with Gasteiger partial charge in [-0.05, 0) is 61.2 Å².